The zero-order chi connectivity index (χ0) is 6.73. The van der Waals surface area contributed by atoms with E-state index >= 15 is 0 Å². The molecule has 0 saturated carbocycles. The number of Topliss-reactive ketones (excluding diaryl/α,β-unsaturated/α-hetero) is 1. The van der Waals surface area contributed by atoms with E-state index in [-0.39, 0.29) is 22.8 Å². The fourth-order valence-electron chi connectivity index (χ4n) is 0.389. The van der Waals surface area contributed by atoms with Gasteiger partial charge >= 0.3 is 0 Å². The number of halogens is 1. The molecule has 0 aliphatic rings. The second-order valence-corrected chi connectivity index (χ2v) is 1.93. The third-order valence-corrected chi connectivity index (χ3v) is 0.834. The molecule has 0 aliphatic carbocycles. The van der Waals surface area contributed by atoms with Crippen LogP contribution in [0.2, 0.25) is 0 Å². The van der Waals surface area contributed by atoms with Crippen LogP contribution in [-0.4, -0.2) is 11.8 Å². The van der Waals surface area contributed by atoms with Crippen LogP contribution in [0.1, 0.15) is 13.8 Å². The van der Waals surface area contributed by atoms with Gasteiger partial charge in [-0.3, -0.25) is 4.79 Å². The lowest BCUT2D eigenvalue weighted by molar-refractivity contribution is -0.116. The molecule has 0 rings (SSSR count). The highest BCUT2D eigenvalue weighted by atomic mass is 79.9. The van der Waals surface area contributed by atoms with Crippen molar-refractivity contribution in [2.45, 2.75) is 19.9 Å². The minimum atomic E-state index is -0.396. The Balaban J connectivity index is 0. The van der Waals surface area contributed by atoms with Crippen LogP contribution in [0.4, 0.5) is 0 Å². The van der Waals surface area contributed by atoms with Gasteiger partial charge in [0.2, 0.25) is 0 Å². The molecular weight excluding hydrogens is 182 g/mol. The molecular formula is C6H12BrNO. The summed E-state index contributed by atoms with van der Waals surface area (Å²) in [5.41, 5.74) is 5.75. The topological polar surface area (TPSA) is 43.1 Å². The first-order valence-corrected chi connectivity index (χ1v) is 2.51. The van der Waals surface area contributed by atoms with Gasteiger partial charge in [-0.25, -0.2) is 0 Å². The Hall–Kier alpha value is -0.150. The maximum absolute atomic E-state index is 10.6. The van der Waals surface area contributed by atoms with E-state index in [1.54, 1.807) is 13.8 Å². The number of hydrogen-bond donors (Lipinski definition) is 1. The number of hydrogen-bond acceptors (Lipinski definition) is 2. The number of nitrogens with two attached hydrogens (primary N) is 1. The molecule has 2 N–H and O–H groups in total. The van der Waals surface area contributed by atoms with Crippen LogP contribution in [-0.2, 0) is 4.79 Å². The highest BCUT2D eigenvalue weighted by Gasteiger charge is 2.05. The van der Waals surface area contributed by atoms with Gasteiger partial charge in [-0.2, -0.15) is 0 Å². The van der Waals surface area contributed by atoms with Crippen LogP contribution in [0.5, 0.6) is 0 Å². The first-order chi connectivity index (χ1) is 3.55. The fraction of sp³-hybridized carbons (Fsp3) is 0.500. The van der Waals surface area contributed by atoms with Crippen molar-refractivity contribution in [1.29, 1.82) is 0 Å². The summed E-state index contributed by atoms with van der Waals surface area (Å²) in [4.78, 5) is 10.6. The lowest BCUT2D eigenvalue weighted by Crippen LogP contribution is -2.26. The summed E-state index contributed by atoms with van der Waals surface area (Å²) in [5, 5.41) is 0. The van der Waals surface area contributed by atoms with Crippen LogP contribution >= 0.6 is 17.0 Å². The maximum atomic E-state index is 10.6. The first-order valence-electron chi connectivity index (χ1n) is 2.51. The molecule has 3 heteroatoms. The summed E-state index contributed by atoms with van der Waals surface area (Å²) >= 11 is 0. The zero-order valence-electron chi connectivity index (χ0n) is 5.68. The van der Waals surface area contributed by atoms with Crippen LogP contribution < -0.4 is 5.73 Å². The van der Waals surface area contributed by atoms with E-state index in [1.165, 1.54) is 0 Å². The Morgan fingerprint density at radius 2 is 2.00 bits per heavy atom. The Kier molecular flexibility index (Phi) is 6.07. The predicted molar refractivity (Wildman–Crippen MR) is 43.8 cm³/mol. The molecule has 9 heavy (non-hydrogen) atoms. The van der Waals surface area contributed by atoms with E-state index in [0.717, 1.165) is 0 Å². The largest absolute Gasteiger partial charge is 0.321 e. The number of carbonyl (C=O) groups excluding carboxylic acids is 1. The summed E-state index contributed by atoms with van der Waals surface area (Å²) in [6.45, 7) is 6.76. The van der Waals surface area contributed by atoms with Crippen molar-refractivity contribution in [3.8, 4) is 0 Å². The molecule has 54 valence electrons. The van der Waals surface area contributed by atoms with Crippen molar-refractivity contribution >= 4 is 22.8 Å². The molecule has 0 aromatic rings. The average Bonchev–Trinajstić information content (AvgIpc) is 1.64. The van der Waals surface area contributed by atoms with E-state index in [2.05, 4.69) is 6.58 Å². The van der Waals surface area contributed by atoms with E-state index in [0.29, 0.717) is 5.57 Å². The van der Waals surface area contributed by atoms with Gasteiger partial charge in [0, 0.05) is 0 Å². The Morgan fingerprint density at radius 3 is 2.00 bits per heavy atom. The third kappa shape index (κ3) is 4.36. The molecule has 0 aromatic carbocycles. The standard InChI is InChI=1S/C6H11NO.BrH/c1-4(2)6(8)5(3)7;/h5H,1,7H2,2-3H3;1H. The van der Waals surface area contributed by atoms with E-state index in [9.17, 15) is 4.79 Å². The second-order valence-electron chi connectivity index (χ2n) is 1.93. The van der Waals surface area contributed by atoms with Crippen LogP contribution in [0.15, 0.2) is 12.2 Å². The van der Waals surface area contributed by atoms with Crippen LogP contribution in [0.3, 0.4) is 0 Å². The van der Waals surface area contributed by atoms with Crippen molar-refractivity contribution in [3.05, 3.63) is 12.2 Å². The van der Waals surface area contributed by atoms with Crippen LogP contribution in [0, 0.1) is 0 Å². The summed E-state index contributed by atoms with van der Waals surface area (Å²) in [7, 11) is 0. The van der Waals surface area contributed by atoms with Gasteiger partial charge in [0.1, 0.15) is 0 Å². The monoisotopic (exact) mass is 193 g/mol. The van der Waals surface area contributed by atoms with E-state index in [1.807, 2.05) is 0 Å². The van der Waals surface area contributed by atoms with Crippen molar-refractivity contribution in [2.24, 2.45) is 5.73 Å². The minimum Gasteiger partial charge on any atom is -0.321 e. The summed E-state index contributed by atoms with van der Waals surface area (Å²) < 4.78 is 0. The van der Waals surface area contributed by atoms with Gasteiger partial charge in [-0.15, -0.1) is 17.0 Å². The fourth-order valence-corrected chi connectivity index (χ4v) is 0.389. The highest BCUT2D eigenvalue weighted by Crippen LogP contribution is 1.91. The average molecular weight is 194 g/mol. The molecule has 0 fully saturated rings. The number of rotatable bonds is 2. The minimum absolute atomic E-state index is 0. The molecule has 0 amide bonds. The number of ketones is 1. The van der Waals surface area contributed by atoms with Crippen molar-refractivity contribution in [1.82, 2.24) is 0 Å². The summed E-state index contributed by atoms with van der Waals surface area (Å²) in [5.74, 6) is -0.0648. The van der Waals surface area contributed by atoms with Gasteiger partial charge in [-0.1, -0.05) is 6.58 Å². The van der Waals surface area contributed by atoms with Crippen molar-refractivity contribution < 1.29 is 4.79 Å². The van der Waals surface area contributed by atoms with Gasteiger partial charge in [0.25, 0.3) is 0 Å². The Morgan fingerprint density at radius 1 is 1.67 bits per heavy atom. The maximum Gasteiger partial charge on any atom is 0.174 e. The molecule has 1 atom stereocenters. The Bertz CT molecular complexity index is 120. The van der Waals surface area contributed by atoms with Crippen molar-refractivity contribution in [2.75, 3.05) is 0 Å². The predicted octanol–water partition coefficient (Wildman–Crippen LogP) is 1.06. The summed E-state index contributed by atoms with van der Waals surface area (Å²) in [6.07, 6.45) is 0. The normalized spacial score (nSPS) is 11.4. The molecule has 0 bridgehead atoms. The number of carbonyl (C=O) groups is 1. The van der Waals surface area contributed by atoms with Crippen LogP contribution in [0.25, 0.3) is 0 Å². The van der Waals surface area contributed by atoms with E-state index < -0.39 is 6.04 Å². The Labute approximate surface area is 65.9 Å². The molecule has 0 heterocycles. The molecule has 0 saturated heterocycles. The molecule has 2 nitrogen and oxygen atoms in total. The van der Waals surface area contributed by atoms with Gasteiger partial charge in [-0.05, 0) is 19.4 Å². The van der Waals surface area contributed by atoms with Gasteiger partial charge in [0.05, 0.1) is 6.04 Å². The lowest BCUT2D eigenvalue weighted by atomic mass is 10.1. The van der Waals surface area contributed by atoms with E-state index in [4.69, 9.17) is 5.73 Å². The highest BCUT2D eigenvalue weighted by molar-refractivity contribution is 8.93. The first kappa shape index (κ1) is 11.6. The molecule has 0 aromatic heterocycles. The van der Waals surface area contributed by atoms with Gasteiger partial charge in [0.15, 0.2) is 5.78 Å². The van der Waals surface area contributed by atoms with Crippen molar-refractivity contribution in [3.63, 3.8) is 0 Å². The zero-order valence-corrected chi connectivity index (χ0v) is 7.39. The lowest BCUT2D eigenvalue weighted by Gasteiger charge is -2.00. The third-order valence-electron chi connectivity index (χ3n) is 0.834. The summed E-state index contributed by atoms with van der Waals surface area (Å²) in [6, 6.07) is -0.396. The second kappa shape index (κ2) is 4.70. The SMILES string of the molecule is Br.C=C(C)C(=O)C(C)N. The molecule has 0 radical (unpaired) electrons. The molecule has 0 aliphatic heterocycles. The van der Waals surface area contributed by atoms with Gasteiger partial charge < -0.3 is 5.73 Å². The quantitative estimate of drug-likeness (QED) is 0.667. The molecule has 1 unspecified atom stereocenters. The molecule has 0 spiro atoms. The smallest absolute Gasteiger partial charge is 0.174 e.